The summed E-state index contributed by atoms with van der Waals surface area (Å²) in [6.07, 6.45) is 0.666. The number of ether oxygens (including phenoxy) is 2. The van der Waals surface area contributed by atoms with Crippen molar-refractivity contribution in [1.29, 1.82) is 0 Å². The van der Waals surface area contributed by atoms with Crippen molar-refractivity contribution in [3.63, 3.8) is 0 Å². The summed E-state index contributed by atoms with van der Waals surface area (Å²) in [7, 11) is 1.25. The first-order valence-electron chi connectivity index (χ1n) is 8.05. The van der Waals surface area contributed by atoms with Gasteiger partial charge in [0, 0.05) is 12.6 Å². The molecule has 2 rings (SSSR count). The summed E-state index contributed by atoms with van der Waals surface area (Å²) in [6.45, 7) is 7.58. The van der Waals surface area contributed by atoms with E-state index >= 15 is 0 Å². The molecule has 6 heteroatoms. The standard InChI is InChI=1S/C18H24FNO4/c1-6-13-9-14-12(7-11(8-15(14)19)16(21)23-5)10-20(13)17(22)24-18(2,3)4/h7-8,13H,6,9-10H2,1-5H3. The van der Waals surface area contributed by atoms with Crippen LogP contribution in [0, 0.1) is 5.82 Å². The lowest BCUT2D eigenvalue weighted by atomic mass is 9.91. The summed E-state index contributed by atoms with van der Waals surface area (Å²) in [6, 6.07) is 2.65. The Balaban J connectivity index is 2.36. The number of fused-ring (bicyclic) bond motifs is 1. The third-order valence-electron chi connectivity index (χ3n) is 4.03. The lowest BCUT2D eigenvalue weighted by Gasteiger charge is -2.37. The molecule has 24 heavy (non-hydrogen) atoms. The van der Waals surface area contributed by atoms with Gasteiger partial charge in [-0.05, 0) is 56.9 Å². The molecule has 1 unspecified atom stereocenters. The minimum absolute atomic E-state index is 0.133. The monoisotopic (exact) mass is 337 g/mol. The summed E-state index contributed by atoms with van der Waals surface area (Å²) in [4.78, 5) is 25.8. The molecule has 0 radical (unpaired) electrons. The third kappa shape index (κ3) is 3.86. The molecule has 0 N–H and O–H groups in total. The molecule has 0 bridgehead atoms. The second-order valence-electron chi connectivity index (χ2n) is 6.96. The van der Waals surface area contributed by atoms with Crippen molar-refractivity contribution >= 4 is 12.1 Å². The Morgan fingerprint density at radius 2 is 2.00 bits per heavy atom. The second-order valence-corrected chi connectivity index (χ2v) is 6.96. The summed E-state index contributed by atoms with van der Waals surface area (Å²) in [5, 5.41) is 0. The Hall–Kier alpha value is -2.11. The van der Waals surface area contributed by atoms with E-state index in [1.807, 2.05) is 6.92 Å². The maximum Gasteiger partial charge on any atom is 0.410 e. The van der Waals surface area contributed by atoms with E-state index < -0.39 is 23.5 Å². The molecule has 0 aromatic heterocycles. The van der Waals surface area contributed by atoms with Crippen LogP contribution < -0.4 is 0 Å². The van der Waals surface area contributed by atoms with Crippen molar-refractivity contribution in [1.82, 2.24) is 4.90 Å². The van der Waals surface area contributed by atoms with E-state index in [0.29, 0.717) is 24.0 Å². The minimum Gasteiger partial charge on any atom is -0.465 e. The Labute approximate surface area is 141 Å². The molecular weight excluding hydrogens is 313 g/mol. The second kappa shape index (κ2) is 6.79. The Bertz CT molecular complexity index is 651. The molecule has 1 amide bonds. The first-order valence-corrected chi connectivity index (χ1v) is 8.05. The average molecular weight is 337 g/mol. The zero-order valence-electron chi connectivity index (χ0n) is 14.8. The molecule has 1 aromatic carbocycles. The SMILES string of the molecule is CCC1Cc2c(F)cc(C(=O)OC)cc2CN1C(=O)OC(C)(C)C. The number of carbonyl (C=O) groups excluding carboxylic acids is 2. The molecule has 0 spiro atoms. The lowest BCUT2D eigenvalue weighted by Crippen LogP contribution is -2.46. The normalized spacial score (nSPS) is 17.2. The van der Waals surface area contributed by atoms with Gasteiger partial charge in [-0.15, -0.1) is 0 Å². The van der Waals surface area contributed by atoms with Crippen molar-refractivity contribution < 1.29 is 23.5 Å². The average Bonchev–Trinajstić information content (AvgIpc) is 2.51. The zero-order valence-corrected chi connectivity index (χ0v) is 14.8. The topological polar surface area (TPSA) is 55.8 Å². The van der Waals surface area contributed by atoms with Crippen molar-refractivity contribution in [2.45, 2.75) is 58.7 Å². The van der Waals surface area contributed by atoms with Gasteiger partial charge in [-0.2, -0.15) is 0 Å². The molecular formula is C18H24FNO4. The third-order valence-corrected chi connectivity index (χ3v) is 4.03. The molecule has 0 aliphatic carbocycles. The van der Waals surface area contributed by atoms with Crippen LogP contribution in [0.25, 0.3) is 0 Å². The number of rotatable bonds is 2. The molecule has 1 aromatic rings. The molecule has 1 aliphatic heterocycles. The van der Waals surface area contributed by atoms with Crippen LogP contribution in [0.4, 0.5) is 9.18 Å². The molecule has 1 aliphatic rings. The van der Waals surface area contributed by atoms with Gasteiger partial charge in [0.25, 0.3) is 0 Å². The fourth-order valence-electron chi connectivity index (χ4n) is 2.86. The van der Waals surface area contributed by atoms with E-state index in [-0.39, 0.29) is 18.2 Å². The minimum atomic E-state index is -0.602. The number of benzene rings is 1. The van der Waals surface area contributed by atoms with E-state index in [0.717, 1.165) is 0 Å². The van der Waals surface area contributed by atoms with E-state index in [1.165, 1.54) is 13.2 Å². The first-order chi connectivity index (χ1) is 11.2. The highest BCUT2D eigenvalue weighted by Crippen LogP contribution is 2.29. The molecule has 0 saturated carbocycles. The van der Waals surface area contributed by atoms with Crippen molar-refractivity contribution in [2.75, 3.05) is 7.11 Å². The number of methoxy groups -OCH3 is 1. The smallest absolute Gasteiger partial charge is 0.410 e. The molecule has 0 fully saturated rings. The van der Waals surface area contributed by atoms with Gasteiger partial charge in [-0.25, -0.2) is 14.0 Å². The number of hydrogen-bond donors (Lipinski definition) is 0. The van der Waals surface area contributed by atoms with Gasteiger partial charge in [0.2, 0.25) is 0 Å². The molecule has 5 nitrogen and oxygen atoms in total. The van der Waals surface area contributed by atoms with E-state index in [1.54, 1.807) is 31.7 Å². The van der Waals surface area contributed by atoms with Crippen LogP contribution in [0.3, 0.4) is 0 Å². The molecule has 1 atom stereocenters. The van der Waals surface area contributed by atoms with Crippen LogP contribution in [0.15, 0.2) is 12.1 Å². The summed E-state index contributed by atoms with van der Waals surface area (Å²) >= 11 is 0. The van der Waals surface area contributed by atoms with Crippen LogP contribution >= 0.6 is 0 Å². The van der Waals surface area contributed by atoms with E-state index in [4.69, 9.17) is 4.74 Å². The highest BCUT2D eigenvalue weighted by Gasteiger charge is 2.33. The number of nitrogens with zero attached hydrogens (tertiary/aromatic N) is 1. The van der Waals surface area contributed by atoms with Gasteiger partial charge in [-0.3, -0.25) is 0 Å². The van der Waals surface area contributed by atoms with E-state index in [9.17, 15) is 14.0 Å². The van der Waals surface area contributed by atoms with Gasteiger partial charge >= 0.3 is 12.1 Å². The van der Waals surface area contributed by atoms with Crippen molar-refractivity contribution in [3.05, 3.63) is 34.6 Å². The van der Waals surface area contributed by atoms with Crippen LogP contribution in [-0.4, -0.2) is 35.7 Å². The fourth-order valence-corrected chi connectivity index (χ4v) is 2.86. The predicted molar refractivity (Wildman–Crippen MR) is 87.3 cm³/mol. The summed E-state index contributed by atoms with van der Waals surface area (Å²) in [5.74, 6) is -1.03. The Kier molecular flexibility index (Phi) is 5.16. The van der Waals surface area contributed by atoms with Gasteiger partial charge < -0.3 is 14.4 Å². The maximum atomic E-state index is 14.4. The Morgan fingerprint density at radius 3 is 2.54 bits per heavy atom. The number of halogens is 1. The molecule has 132 valence electrons. The van der Waals surface area contributed by atoms with Gasteiger partial charge in [0.05, 0.1) is 12.7 Å². The molecule has 1 heterocycles. The number of hydrogen-bond acceptors (Lipinski definition) is 4. The van der Waals surface area contributed by atoms with E-state index in [2.05, 4.69) is 4.74 Å². The largest absolute Gasteiger partial charge is 0.465 e. The lowest BCUT2D eigenvalue weighted by molar-refractivity contribution is 0.0113. The molecule has 0 saturated heterocycles. The van der Waals surface area contributed by atoms with Gasteiger partial charge in [0.15, 0.2) is 0 Å². The highest BCUT2D eigenvalue weighted by atomic mass is 19.1. The van der Waals surface area contributed by atoms with Gasteiger partial charge in [-0.1, -0.05) is 6.92 Å². The maximum absolute atomic E-state index is 14.4. The van der Waals surface area contributed by atoms with Crippen LogP contribution in [0.2, 0.25) is 0 Å². The van der Waals surface area contributed by atoms with Gasteiger partial charge in [0.1, 0.15) is 11.4 Å². The first kappa shape index (κ1) is 18.2. The highest BCUT2D eigenvalue weighted by molar-refractivity contribution is 5.89. The number of carbonyl (C=O) groups is 2. The quantitative estimate of drug-likeness (QED) is 0.773. The Morgan fingerprint density at radius 1 is 1.33 bits per heavy atom. The summed E-state index contributed by atoms with van der Waals surface area (Å²) < 4.78 is 24.5. The predicted octanol–water partition coefficient (Wildman–Crippen LogP) is 3.68. The van der Waals surface area contributed by atoms with Crippen molar-refractivity contribution in [2.24, 2.45) is 0 Å². The van der Waals surface area contributed by atoms with Crippen LogP contribution in [0.5, 0.6) is 0 Å². The van der Waals surface area contributed by atoms with Crippen LogP contribution in [0.1, 0.15) is 55.6 Å². The fraction of sp³-hybridized carbons (Fsp3) is 0.556. The van der Waals surface area contributed by atoms with Crippen LogP contribution in [-0.2, 0) is 22.4 Å². The number of esters is 1. The number of amides is 1. The zero-order chi connectivity index (χ0) is 18.1. The summed E-state index contributed by atoms with van der Waals surface area (Å²) in [5.41, 5.74) is 0.711. The van der Waals surface area contributed by atoms with Crippen molar-refractivity contribution in [3.8, 4) is 0 Å².